The van der Waals surface area contributed by atoms with Gasteiger partial charge in [-0.3, -0.25) is 9.36 Å². The van der Waals surface area contributed by atoms with Gasteiger partial charge in [0.25, 0.3) is 5.56 Å². The molecule has 0 aliphatic rings. The number of aryl methyl sites for hydroxylation is 1. The quantitative estimate of drug-likeness (QED) is 0.884. The van der Waals surface area contributed by atoms with E-state index >= 15 is 0 Å². The molecular weight excluding hydrogens is 224 g/mol. The van der Waals surface area contributed by atoms with Gasteiger partial charge in [-0.2, -0.15) is 0 Å². The number of nitrogens with zero attached hydrogens (tertiary/aromatic N) is 2. The molecular formula is C11H14N2O2S. The van der Waals surface area contributed by atoms with Crippen molar-refractivity contribution in [3.8, 4) is 0 Å². The zero-order chi connectivity index (χ0) is 11.8. The molecule has 2 heterocycles. The smallest absolute Gasteiger partial charge is 0.271 e. The van der Waals surface area contributed by atoms with Crippen molar-refractivity contribution < 1.29 is 5.11 Å². The first-order valence-electron chi connectivity index (χ1n) is 5.12. The summed E-state index contributed by atoms with van der Waals surface area (Å²) in [5.74, 6) is 0. The van der Waals surface area contributed by atoms with Crippen LogP contribution >= 0.6 is 11.3 Å². The van der Waals surface area contributed by atoms with Gasteiger partial charge in [-0.1, -0.05) is 0 Å². The Hall–Kier alpha value is -1.20. The molecule has 2 aromatic heterocycles. The van der Waals surface area contributed by atoms with E-state index < -0.39 is 5.60 Å². The van der Waals surface area contributed by atoms with Crippen LogP contribution in [0.5, 0.6) is 0 Å². The van der Waals surface area contributed by atoms with E-state index in [9.17, 15) is 9.90 Å². The van der Waals surface area contributed by atoms with Gasteiger partial charge in [0.05, 0.1) is 17.4 Å². The van der Waals surface area contributed by atoms with E-state index in [0.717, 1.165) is 5.52 Å². The second-order valence-corrected chi connectivity index (χ2v) is 5.36. The summed E-state index contributed by atoms with van der Waals surface area (Å²) in [6.45, 7) is 3.95. The fourth-order valence-corrected chi connectivity index (χ4v) is 2.22. The van der Waals surface area contributed by atoms with Crippen LogP contribution in [0, 0.1) is 0 Å². The average Bonchev–Trinajstić information content (AvgIpc) is 2.64. The Morgan fingerprint density at radius 1 is 1.56 bits per heavy atom. The Morgan fingerprint density at radius 2 is 2.31 bits per heavy atom. The Bertz CT molecular complexity index is 551. The van der Waals surface area contributed by atoms with Crippen molar-refractivity contribution in [2.45, 2.75) is 32.4 Å². The van der Waals surface area contributed by atoms with Crippen LogP contribution in [0.25, 0.3) is 10.2 Å². The molecule has 0 amide bonds. The number of thiophene rings is 1. The molecule has 0 fully saturated rings. The lowest BCUT2D eigenvalue weighted by atomic mass is 10.1. The molecule has 4 nitrogen and oxygen atoms in total. The number of aromatic nitrogens is 2. The minimum Gasteiger partial charge on any atom is -0.390 e. The Morgan fingerprint density at radius 3 is 3.00 bits per heavy atom. The van der Waals surface area contributed by atoms with Gasteiger partial charge in [-0.05, 0) is 31.7 Å². The van der Waals surface area contributed by atoms with Gasteiger partial charge in [-0.15, -0.1) is 11.3 Å². The molecule has 5 heteroatoms. The summed E-state index contributed by atoms with van der Waals surface area (Å²) < 4.78 is 2.23. The first-order chi connectivity index (χ1) is 7.47. The van der Waals surface area contributed by atoms with Crippen molar-refractivity contribution in [2.24, 2.45) is 0 Å². The molecule has 0 radical (unpaired) electrons. The highest BCUT2D eigenvalue weighted by Crippen LogP contribution is 2.14. The lowest BCUT2D eigenvalue weighted by Crippen LogP contribution is -2.26. The predicted octanol–water partition coefficient (Wildman–Crippen LogP) is 1.62. The lowest BCUT2D eigenvalue weighted by Gasteiger charge is -2.17. The zero-order valence-corrected chi connectivity index (χ0v) is 10.1. The number of hydrogen-bond acceptors (Lipinski definition) is 4. The number of rotatable bonds is 3. The van der Waals surface area contributed by atoms with Crippen molar-refractivity contribution in [3.63, 3.8) is 0 Å². The summed E-state index contributed by atoms with van der Waals surface area (Å²) in [6.07, 6.45) is 2.08. The van der Waals surface area contributed by atoms with Crippen LogP contribution in [-0.2, 0) is 6.54 Å². The van der Waals surface area contributed by atoms with Crippen molar-refractivity contribution >= 4 is 21.6 Å². The van der Waals surface area contributed by atoms with Gasteiger partial charge in [0, 0.05) is 6.54 Å². The van der Waals surface area contributed by atoms with Crippen LogP contribution < -0.4 is 5.56 Å². The molecule has 0 saturated carbocycles. The molecule has 0 atom stereocenters. The Labute approximate surface area is 97.2 Å². The summed E-state index contributed by atoms with van der Waals surface area (Å²) in [4.78, 5) is 16.2. The monoisotopic (exact) mass is 238 g/mol. The normalized spacial score (nSPS) is 12.2. The van der Waals surface area contributed by atoms with Crippen LogP contribution in [0.2, 0.25) is 0 Å². The third kappa shape index (κ3) is 2.31. The van der Waals surface area contributed by atoms with E-state index in [1.165, 1.54) is 11.3 Å². The first kappa shape index (κ1) is 11.3. The van der Waals surface area contributed by atoms with E-state index in [4.69, 9.17) is 0 Å². The number of fused-ring (bicyclic) bond motifs is 1. The van der Waals surface area contributed by atoms with Gasteiger partial charge in [0.15, 0.2) is 0 Å². The molecule has 0 spiro atoms. The second-order valence-electron chi connectivity index (χ2n) is 4.44. The highest BCUT2D eigenvalue weighted by atomic mass is 32.1. The summed E-state index contributed by atoms with van der Waals surface area (Å²) >= 11 is 1.40. The summed E-state index contributed by atoms with van der Waals surface area (Å²) in [5.41, 5.74) is -0.0390. The molecule has 1 N–H and O–H groups in total. The molecule has 86 valence electrons. The SMILES string of the molecule is CC(C)(O)CCn1cnc2ccsc2c1=O. The highest BCUT2D eigenvalue weighted by Gasteiger charge is 2.13. The highest BCUT2D eigenvalue weighted by molar-refractivity contribution is 7.17. The van der Waals surface area contributed by atoms with E-state index in [2.05, 4.69) is 4.98 Å². The van der Waals surface area contributed by atoms with Gasteiger partial charge in [0.1, 0.15) is 4.70 Å². The Balaban J connectivity index is 2.31. The zero-order valence-electron chi connectivity index (χ0n) is 9.30. The summed E-state index contributed by atoms with van der Waals surface area (Å²) in [5, 5.41) is 11.5. The number of hydrogen-bond donors (Lipinski definition) is 1. The second kappa shape index (κ2) is 3.99. The maximum absolute atomic E-state index is 12.0. The van der Waals surface area contributed by atoms with Crippen LogP contribution in [0.3, 0.4) is 0 Å². The molecule has 0 aliphatic carbocycles. The van der Waals surface area contributed by atoms with Crippen LogP contribution in [0.1, 0.15) is 20.3 Å². The van der Waals surface area contributed by atoms with Crippen molar-refractivity contribution in [1.82, 2.24) is 9.55 Å². The molecule has 0 saturated heterocycles. The molecule has 0 bridgehead atoms. The molecule has 0 aromatic carbocycles. The van der Waals surface area contributed by atoms with Gasteiger partial charge >= 0.3 is 0 Å². The van der Waals surface area contributed by atoms with Gasteiger partial charge < -0.3 is 5.11 Å². The van der Waals surface area contributed by atoms with Crippen LogP contribution in [-0.4, -0.2) is 20.3 Å². The summed E-state index contributed by atoms with van der Waals surface area (Å²) in [6, 6.07) is 1.84. The summed E-state index contributed by atoms with van der Waals surface area (Å²) in [7, 11) is 0. The molecule has 16 heavy (non-hydrogen) atoms. The third-order valence-corrected chi connectivity index (χ3v) is 3.29. The largest absolute Gasteiger partial charge is 0.390 e. The van der Waals surface area contributed by atoms with Crippen LogP contribution in [0.4, 0.5) is 0 Å². The standard InChI is InChI=1S/C11H14N2O2S/c1-11(2,15)4-5-13-7-12-8-3-6-16-9(8)10(13)14/h3,6-7,15H,4-5H2,1-2H3. The molecule has 0 aliphatic heterocycles. The van der Waals surface area contributed by atoms with Crippen molar-refractivity contribution in [1.29, 1.82) is 0 Å². The van der Waals surface area contributed by atoms with Crippen molar-refractivity contribution in [2.75, 3.05) is 0 Å². The molecule has 0 unspecified atom stereocenters. The topological polar surface area (TPSA) is 55.1 Å². The Kier molecular flexibility index (Phi) is 2.82. The minimum absolute atomic E-state index is 0.0238. The fraction of sp³-hybridized carbons (Fsp3) is 0.455. The van der Waals surface area contributed by atoms with E-state index in [-0.39, 0.29) is 5.56 Å². The maximum Gasteiger partial charge on any atom is 0.271 e. The van der Waals surface area contributed by atoms with Gasteiger partial charge in [-0.25, -0.2) is 4.98 Å². The molecule has 2 rings (SSSR count). The van der Waals surface area contributed by atoms with Crippen molar-refractivity contribution in [3.05, 3.63) is 28.1 Å². The predicted molar refractivity (Wildman–Crippen MR) is 64.8 cm³/mol. The van der Waals surface area contributed by atoms with Gasteiger partial charge in [0.2, 0.25) is 0 Å². The van der Waals surface area contributed by atoms with E-state index in [1.54, 1.807) is 24.7 Å². The van der Waals surface area contributed by atoms with E-state index in [1.807, 2.05) is 11.4 Å². The fourth-order valence-electron chi connectivity index (χ4n) is 1.43. The average molecular weight is 238 g/mol. The van der Waals surface area contributed by atoms with Crippen LogP contribution in [0.15, 0.2) is 22.6 Å². The minimum atomic E-state index is -0.760. The maximum atomic E-state index is 12.0. The lowest BCUT2D eigenvalue weighted by molar-refractivity contribution is 0.0659. The first-order valence-corrected chi connectivity index (χ1v) is 6.00. The third-order valence-electron chi connectivity index (χ3n) is 2.40. The molecule has 2 aromatic rings. The van der Waals surface area contributed by atoms with E-state index in [0.29, 0.717) is 17.7 Å². The number of aliphatic hydroxyl groups is 1.